The van der Waals surface area contributed by atoms with Gasteiger partial charge < -0.3 is 4.74 Å². The Morgan fingerprint density at radius 3 is 1.79 bits per heavy atom. The van der Waals surface area contributed by atoms with E-state index in [-0.39, 0.29) is 6.09 Å². The van der Waals surface area contributed by atoms with Gasteiger partial charge in [0, 0.05) is 11.4 Å². The zero-order valence-electron chi connectivity index (χ0n) is 15.0. The fraction of sp³-hybridized carbons (Fsp3) is 0.421. The van der Waals surface area contributed by atoms with Gasteiger partial charge in [-0.15, -0.1) is 0 Å². The lowest BCUT2D eigenvalue weighted by Crippen LogP contribution is -2.36. The molecule has 0 bridgehead atoms. The molecule has 0 atom stereocenters. The second-order valence-electron chi connectivity index (χ2n) is 6.88. The van der Waals surface area contributed by atoms with Crippen LogP contribution in [0.15, 0.2) is 36.4 Å². The number of amides is 1. The van der Waals surface area contributed by atoms with Crippen LogP contribution in [-0.4, -0.2) is 26.6 Å². The minimum atomic E-state index is -0.546. The predicted octanol–water partition coefficient (Wildman–Crippen LogP) is 4.03. The van der Waals surface area contributed by atoms with E-state index in [1.165, 1.54) is 0 Å². The molecule has 0 saturated carbocycles. The monoisotopic (exact) mass is 327 g/mol. The summed E-state index contributed by atoms with van der Waals surface area (Å²) in [5, 5.41) is 0. The van der Waals surface area contributed by atoms with Gasteiger partial charge in [-0.25, -0.2) is 4.79 Å². The minimum Gasteiger partial charge on any atom is -0.444 e. The summed E-state index contributed by atoms with van der Waals surface area (Å²) in [5.74, 6) is 0. The van der Waals surface area contributed by atoms with Gasteiger partial charge in [0.25, 0.3) is 0 Å². The minimum absolute atomic E-state index is 0.367. The third-order valence-electron chi connectivity index (χ3n) is 3.25. The van der Waals surface area contributed by atoms with Crippen molar-refractivity contribution in [3.05, 3.63) is 59.2 Å². The first kappa shape index (κ1) is 17.9. The van der Waals surface area contributed by atoms with E-state index in [0.717, 1.165) is 22.8 Å². The van der Waals surface area contributed by atoms with Crippen LogP contribution < -0.4 is 0 Å². The summed E-state index contributed by atoms with van der Waals surface area (Å²) >= 11 is 0. The Balaban J connectivity index is 2.21. The highest BCUT2D eigenvalue weighted by Gasteiger charge is 2.23. The number of carbonyl (C=O) groups is 1. The lowest BCUT2D eigenvalue weighted by molar-refractivity contribution is 0.0211. The van der Waals surface area contributed by atoms with Crippen LogP contribution in [0.5, 0.6) is 0 Å². The van der Waals surface area contributed by atoms with Gasteiger partial charge in [0.1, 0.15) is 5.60 Å². The van der Waals surface area contributed by atoms with E-state index in [9.17, 15) is 4.79 Å². The molecule has 24 heavy (non-hydrogen) atoms. The van der Waals surface area contributed by atoms with Gasteiger partial charge in [0.15, 0.2) is 0 Å². The molecule has 0 unspecified atom stereocenters. The molecule has 0 aliphatic rings. The van der Waals surface area contributed by atoms with Crippen molar-refractivity contribution in [3.63, 3.8) is 0 Å². The van der Waals surface area contributed by atoms with Gasteiger partial charge in [-0.1, -0.05) is 12.1 Å². The van der Waals surface area contributed by atoms with Crippen molar-refractivity contribution in [1.29, 1.82) is 0 Å². The lowest BCUT2D eigenvalue weighted by Gasteiger charge is -2.27. The molecule has 0 saturated heterocycles. The smallest absolute Gasteiger partial charge is 0.410 e. The lowest BCUT2D eigenvalue weighted by atomic mass is 10.2. The van der Waals surface area contributed by atoms with E-state index in [4.69, 9.17) is 4.74 Å². The Labute approximate surface area is 143 Å². The van der Waals surface area contributed by atoms with Crippen LogP contribution in [-0.2, 0) is 17.8 Å². The number of ether oxygens (including phenoxy) is 1. The molecule has 0 aliphatic carbocycles. The van der Waals surface area contributed by atoms with Gasteiger partial charge in [-0.3, -0.25) is 14.9 Å². The molecule has 0 spiro atoms. The third kappa shape index (κ3) is 5.65. The third-order valence-corrected chi connectivity index (χ3v) is 3.25. The number of hydrogen-bond donors (Lipinski definition) is 0. The van der Waals surface area contributed by atoms with Gasteiger partial charge in [0.2, 0.25) is 0 Å². The predicted molar refractivity (Wildman–Crippen MR) is 93.4 cm³/mol. The highest BCUT2D eigenvalue weighted by Crippen LogP contribution is 2.15. The standard InChI is InChI=1S/C19H25N3O2/c1-14-8-6-10-16(20-14)12-22(18(23)24-19(3,4)5)13-17-11-7-9-15(2)21-17/h6-11H,12-13H2,1-5H3. The maximum Gasteiger partial charge on any atom is 0.410 e. The van der Waals surface area contributed by atoms with E-state index in [1.807, 2.05) is 71.0 Å². The molecule has 5 heteroatoms. The molecule has 2 aromatic heterocycles. The van der Waals surface area contributed by atoms with Crippen LogP contribution in [0.2, 0.25) is 0 Å². The van der Waals surface area contributed by atoms with E-state index in [2.05, 4.69) is 9.97 Å². The molecular weight excluding hydrogens is 302 g/mol. The first-order chi connectivity index (χ1) is 11.2. The first-order valence-electron chi connectivity index (χ1n) is 8.06. The normalized spacial score (nSPS) is 11.2. The van der Waals surface area contributed by atoms with Gasteiger partial charge in [-0.05, 0) is 58.9 Å². The molecule has 2 heterocycles. The summed E-state index contributed by atoms with van der Waals surface area (Å²) in [6.07, 6.45) is -0.367. The summed E-state index contributed by atoms with van der Waals surface area (Å²) in [6.45, 7) is 10.2. The summed E-state index contributed by atoms with van der Waals surface area (Å²) < 4.78 is 5.54. The van der Waals surface area contributed by atoms with Crippen molar-refractivity contribution in [2.24, 2.45) is 0 Å². The van der Waals surface area contributed by atoms with Crippen molar-refractivity contribution in [2.75, 3.05) is 0 Å². The molecule has 0 N–H and O–H groups in total. The second kappa shape index (κ2) is 7.43. The first-order valence-corrected chi connectivity index (χ1v) is 8.06. The highest BCUT2D eigenvalue weighted by molar-refractivity contribution is 5.68. The number of aromatic nitrogens is 2. The van der Waals surface area contributed by atoms with Crippen molar-refractivity contribution < 1.29 is 9.53 Å². The number of pyridine rings is 2. The summed E-state index contributed by atoms with van der Waals surface area (Å²) in [7, 11) is 0. The fourth-order valence-electron chi connectivity index (χ4n) is 2.28. The Kier molecular flexibility index (Phi) is 5.54. The molecule has 2 rings (SSSR count). The van der Waals surface area contributed by atoms with Crippen LogP contribution in [0.3, 0.4) is 0 Å². The number of carbonyl (C=O) groups excluding carboxylic acids is 1. The Morgan fingerprint density at radius 2 is 1.42 bits per heavy atom. The van der Waals surface area contributed by atoms with Gasteiger partial charge in [0.05, 0.1) is 24.5 Å². The van der Waals surface area contributed by atoms with E-state index < -0.39 is 5.60 Å². The highest BCUT2D eigenvalue weighted by atomic mass is 16.6. The molecule has 0 aliphatic heterocycles. The maximum absolute atomic E-state index is 12.6. The Morgan fingerprint density at radius 1 is 0.958 bits per heavy atom. The second-order valence-corrected chi connectivity index (χ2v) is 6.88. The molecule has 5 nitrogen and oxygen atoms in total. The molecule has 0 radical (unpaired) electrons. The molecule has 2 aromatic rings. The number of rotatable bonds is 4. The molecule has 0 aromatic carbocycles. The van der Waals surface area contributed by atoms with Crippen molar-refractivity contribution in [1.82, 2.24) is 14.9 Å². The molecule has 1 amide bonds. The Hall–Kier alpha value is -2.43. The molecule has 128 valence electrons. The maximum atomic E-state index is 12.6. The SMILES string of the molecule is Cc1cccc(CN(Cc2cccc(C)n2)C(=O)OC(C)(C)C)n1. The largest absolute Gasteiger partial charge is 0.444 e. The number of nitrogens with zero attached hydrogens (tertiary/aromatic N) is 3. The number of aryl methyl sites for hydroxylation is 2. The zero-order valence-corrected chi connectivity index (χ0v) is 15.0. The van der Waals surface area contributed by atoms with Gasteiger partial charge in [-0.2, -0.15) is 0 Å². The average Bonchev–Trinajstić information content (AvgIpc) is 2.45. The molecule has 0 fully saturated rings. The zero-order chi connectivity index (χ0) is 17.7. The van der Waals surface area contributed by atoms with Crippen LogP contribution >= 0.6 is 0 Å². The summed E-state index contributed by atoms with van der Waals surface area (Å²) in [4.78, 5) is 23.2. The van der Waals surface area contributed by atoms with E-state index >= 15 is 0 Å². The van der Waals surface area contributed by atoms with Crippen LogP contribution in [0.25, 0.3) is 0 Å². The fourth-order valence-corrected chi connectivity index (χ4v) is 2.28. The Bertz CT molecular complexity index is 660. The van der Waals surface area contributed by atoms with Crippen LogP contribution in [0.1, 0.15) is 43.5 Å². The van der Waals surface area contributed by atoms with Crippen LogP contribution in [0, 0.1) is 13.8 Å². The summed E-state index contributed by atoms with van der Waals surface area (Å²) in [6, 6.07) is 11.6. The quantitative estimate of drug-likeness (QED) is 0.851. The van der Waals surface area contributed by atoms with Crippen molar-refractivity contribution in [3.8, 4) is 0 Å². The van der Waals surface area contributed by atoms with Crippen molar-refractivity contribution in [2.45, 2.75) is 53.3 Å². The van der Waals surface area contributed by atoms with E-state index in [0.29, 0.717) is 13.1 Å². The van der Waals surface area contributed by atoms with E-state index in [1.54, 1.807) is 4.90 Å². The van der Waals surface area contributed by atoms with Gasteiger partial charge >= 0.3 is 6.09 Å². The molecular formula is C19H25N3O2. The number of hydrogen-bond acceptors (Lipinski definition) is 4. The topological polar surface area (TPSA) is 55.3 Å². The van der Waals surface area contributed by atoms with Crippen molar-refractivity contribution >= 4 is 6.09 Å². The van der Waals surface area contributed by atoms with Crippen LogP contribution in [0.4, 0.5) is 4.79 Å². The average molecular weight is 327 g/mol. The summed E-state index contributed by atoms with van der Waals surface area (Å²) in [5.41, 5.74) is 2.95.